The summed E-state index contributed by atoms with van der Waals surface area (Å²) in [5, 5.41) is 14.9. The topological polar surface area (TPSA) is 75.6 Å². The zero-order valence-corrected chi connectivity index (χ0v) is 22.7. The van der Waals surface area contributed by atoms with Gasteiger partial charge in [0, 0.05) is 37.3 Å². The molecular formula is C33H39N2O4+. The van der Waals surface area contributed by atoms with E-state index in [9.17, 15) is 14.7 Å². The highest BCUT2D eigenvalue weighted by molar-refractivity contribution is 5.94. The van der Waals surface area contributed by atoms with Gasteiger partial charge in [0.25, 0.3) is 5.91 Å². The molecule has 3 aromatic carbocycles. The number of amides is 1. The smallest absolute Gasteiger partial charge is 0.348 e. The predicted molar refractivity (Wildman–Crippen MR) is 151 cm³/mol. The summed E-state index contributed by atoms with van der Waals surface area (Å²) in [7, 11) is 0. The van der Waals surface area contributed by atoms with Gasteiger partial charge in [-0.25, -0.2) is 4.79 Å². The number of carbonyl (C=O) groups excluding carboxylic acids is 2. The molecule has 0 saturated carbocycles. The number of hydrogen-bond acceptors (Lipinski definition) is 4. The maximum atomic E-state index is 13.7. The number of quaternary nitrogens is 1. The third-order valence-corrected chi connectivity index (χ3v) is 8.70. The number of hydrogen-bond donors (Lipinski definition) is 2. The van der Waals surface area contributed by atoms with Crippen LogP contribution in [0.5, 0.6) is 0 Å². The Labute approximate surface area is 231 Å². The van der Waals surface area contributed by atoms with E-state index in [-0.39, 0.29) is 12.0 Å². The van der Waals surface area contributed by atoms with Crippen molar-refractivity contribution in [2.45, 2.75) is 44.3 Å². The molecule has 204 valence electrons. The van der Waals surface area contributed by atoms with E-state index < -0.39 is 11.6 Å². The third-order valence-electron chi connectivity index (χ3n) is 8.70. The van der Waals surface area contributed by atoms with Crippen LogP contribution >= 0.6 is 0 Å². The second kappa shape index (κ2) is 11.7. The molecule has 1 unspecified atom stereocenters. The second-order valence-electron chi connectivity index (χ2n) is 11.1. The summed E-state index contributed by atoms with van der Waals surface area (Å²) in [4.78, 5) is 26.3. The number of fused-ring (bicyclic) bond motifs is 3. The molecule has 3 aliphatic rings. The summed E-state index contributed by atoms with van der Waals surface area (Å²) < 4.78 is 7.06. The monoisotopic (exact) mass is 527 g/mol. The van der Waals surface area contributed by atoms with Crippen LogP contribution in [0.1, 0.15) is 53.2 Å². The summed E-state index contributed by atoms with van der Waals surface area (Å²) in [6.45, 7) is 6.52. The van der Waals surface area contributed by atoms with Crippen LogP contribution in [0.3, 0.4) is 0 Å². The molecule has 6 rings (SSSR count). The summed E-state index contributed by atoms with van der Waals surface area (Å²) in [5.41, 5.74) is 1.06. The molecule has 3 heterocycles. The lowest BCUT2D eigenvalue weighted by Gasteiger charge is -2.52. The first-order valence-corrected chi connectivity index (χ1v) is 14.2. The maximum absolute atomic E-state index is 13.7. The summed E-state index contributed by atoms with van der Waals surface area (Å²) in [5.74, 6) is -0.336. The highest BCUT2D eigenvalue weighted by atomic mass is 16.6. The fraction of sp³-hybridized carbons (Fsp3) is 0.394. The molecule has 1 amide bonds. The van der Waals surface area contributed by atoms with Gasteiger partial charge in [-0.05, 0) is 35.2 Å². The molecule has 2 bridgehead atoms. The Bertz CT molecular complexity index is 1210. The average Bonchev–Trinajstić information content (AvgIpc) is 3.00. The van der Waals surface area contributed by atoms with Crippen LogP contribution in [0.4, 0.5) is 0 Å². The molecule has 0 radical (unpaired) electrons. The van der Waals surface area contributed by atoms with Gasteiger partial charge in [-0.1, -0.05) is 79.7 Å². The van der Waals surface area contributed by atoms with Crippen LogP contribution in [-0.2, 0) is 21.6 Å². The molecule has 3 aromatic rings. The lowest BCUT2D eigenvalue weighted by Crippen LogP contribution is -2.65. The van der Waals surface area contributed by atoms with Gasteiger partial charge in [0.15, 0.2) is 6.10 Å². The van der Waals surface area contributed by atoms with Gasteiger partial charge in [-0.2, -0.15) is 0 Å². The fourth-order valence-electron chi connectivity index (χ4n) is 6.26. The number of aryl methyl sites for hydroxylation is 1. The molecule has 3 aliphatic heterocycles. The van der Waals surface area contributed by atoms with Gasteiger partial charge in [0.1, 0.15) is 6.54 Å². The highest BCUT2D eigenvalue weighted by Crippen LogP contribution is 2.38. The van der Waals surface area contributed by atoms with Crippen molar-refractivity contribution in [1.29, 1.82) is 0 Å². The summed E-state index contributed by atoms with van der Waals surface area (Å²) in [6, 6.07) is 25.9. The number of piperidine rings is 3. The van der Waals surface area contributed by atoms with Gasteiger partial charge in [-0.3, -0.25) is 4.79 Å². The van der Waals surface area contributed by atoms with Crippen molar-refractivity contribution in [1.82, 2.24) is 5.32 Å². The minimum Gasteiger partial charge on any atom is -0.453 e. The number of aliphatic hydroxyl groups is 1. The van der Waals surface area contributed by atoms with E-state index in [1.807, 2.05) is 60.7 Å². The number of carbonyl (C=O) groups is 2. The van der Waals surface area contributed by atoms with Gasteiger partial charge in [-0.15, -0.1) is 0 Å². The number of benzene rings is 3. The van der Waals surface area contributed by atoms with Gasteiger partial charge in [0.05, 0.1) is 19.6 Å². The van der Waals surface area contributed by atoms with Crippen LogP contribution < -0.4 is 5.32 Å². The summed E-state index contributed by atoms with van der Waals surface area (Å²) >= 11 is 0. The molecule has 3 fully saturated rings. The number of ether oxygens (including phenoxy) is 1. The SMILES string of the molecule is CCc1ccc(C(=O)NCCC[N+]23CCC(CC2)C(OC(=O)C(O)(c2ccccc2)c2ccccc2)C3)cc1. The van der Waals surface area contributed by atoms with Crippen molar-refractivity contribution in [3.63, 3.8) is 0 Å². The van der Waals surface area contributed by atoms with E-state index in [1.54, 1.807) is 24.3 Å². The van der Waals surface area contributed by atoms with Gasteiger partial charge in [0.2, 0.25) is 5.60 Å². The Kier molecular flexibility index (Phi) is 8.15. The molecule has 0 spiro atoms. The number of nitrogens with one attached hydrogen (secondary N) is 1. The molecule has 2 N–H and O–H groups in total. The Morgan fingerprint density at radius 3 is 2.08 bits per heavy atom. The predicted octanol–water partition coefficient (Wildman–Crippen LogP) is 4.46. The standard InChI is InChI=1S/C33H38N2O4/c1-2-25-14-16-27(17-15-25)31(36)34-20-9-21-35-22-18-26(19-23-35)30(24-35)39-32(37)33(38,28-10-5-3-6-11-28)29-12-7-4-8-13-29/h3-8,10-17,26,30,38H,2,9,18-24H2,1H3/p+1. The highest BCUT2D eigenvalue weighted by Gasteiger charge is 2.50. The van der Waals surface area contributed by atoms with Crippen molar-refractivity contribution >= 4 is 11.9 Å². The van der Waals surface area contributed by atoms with Crippen LogP contribution in [0, 0.1) is 5.92 Å². The van der Waals surface area contributed by atoms with E-state index in [0.29, 0.717) is 29.2 Å². The average molecular weight is 528 g/mol. The van der Waals surface area contributed by atoms with E-state index >= 15 is 0 Å². The maximum Gasteiger partial charge on any atom is 0.348 e. The lowest BCUT2D eigenvalue weighted by atomic mass is 9.82. The van der Waals surface area contributed by atoms with E-state index in [2.05, 4.69) is 12.2 Å². The molecule has 0 aliphatic carbocycles. The van der Waals surface area contributed by atoms with E-state index in [4.69, 9.17) is 4.74 Å². The zero-order valence-electron chi connectivity index (χ0n) is 22.7. The first kappa shape index (κ1) is 27.1. The molecule has 3 saturated heterocycles. The van der Waals surface area contributed by atoms with Crippen molar-refractivity contribution in [2.75, 3.05) is 32.7 Å². The Hall–Kier alpha value is -3.48. The number of nitrogens with zero attached hydrogens (tertiary/aromatic N) is 1. The van der Waals surface area contributed by atoms with Crippen molar-refractivity contribution in [3.05, 3.63) is 107 Å². The third kappa shape index (κ3) is 5.77. The molecule has 6 nitrogen and oxygen atoms in total. The number of esters is 1. The minimum atomic E-state index is -1.86. The minimum absolute atomic E-state index is 0.0390. The fourth-order valence-corrected chi connectivity index (χ4v) is 6.26. The number of rotatable bonds is 10. The Balaban J connectivity index is 1.21. The van der Waals surface area contributed by atoms with Crippen molar-refractivity contribution in [2.24, 2.45) is 5.92 Å². The first-order chi connectivity index (χ1) is 18.9. The lowest BCUT2D eigenvalue weighted by molar-refractivity contribution is -0.946. The zero-order chi connectivity index (χ0) is 27.3. The second-order valence-corrected chi connectivity index (χ2v) is 11.1. The van der Waals surface area contributed by atoms with Crippen LogP contribution in [0.2, 0.25) is 0 Å². The Morgan fingerprint density at radius 1 is 0.923 bits per heavy atom. The van der Waals surface area contributed by atoms with Gasteiger partial charge < -0.3 is 19.6 Å². The molecular weight excluding hydrogens is 488 g/mol. The van der Waals surface area contributed by atoms with Crippen LogP contribution in [-0.4, -0.2) is 60.3 Å². The van der Waals surface area contributed by atoms with Crippen LogP contribution in [0.15, 0.2) is 84.9 Å². The van der Waals surface area contributed by atoms with E-state index in [1.165, 1.54) is 5.56 Å². The van der Waals surface area contributed by atoms with Crippen molar-refractivity contribution < 1.29 is 23.9 Å². The molecule has 39 heavy (non-hydrogen) atoms. The Morgan fingerprint density at radius 2 is 1.51 bits per heavy atom. The molecule has 1 atom stereocenters. The summed E-state index contributed by atoms with van der Waals surface area (Å²) in [6.07, 6.45) is 3.59. The van der Waals surface area contributed by atoms with Gasteiger partial charge >= 0.3 is 5.97 Å². The van der Waals surface area contributed by atoms with E-state index in [0.717, 1.165) is 56.3 Å². The van der Waals surface area contributed by atoms with Crippen LogP contribution in [0.25, 0.3) is 0 Å². The van der Waals surface area contributed by atoms with Crippen molar-refractivity contribution in [3.8, 4) is 0 Å². The quantitative estimate of drug-likeness (QED) is 0.232. The molecule has 0 aromatic heterocycles. The molecule has 6 heteroatoms. The first-order valence-electron chi connectivity index (χ1n) is 14.2. The largest absolute Gasteiger partial charge is 0.453 e. The normalized spacial score (nSPS) is 22.3.